The van der Waals surface area contributed by atoms with Crippen molar-refractivity contribution in [3.05, 3.63) is 72.8 Å². The van der Waals surface area contributed by atoms with E-state index in [4.69, 9.17) is 4.42 Å². The molecular formula is C23H15NO. The lowest BCUT2D eigenvalue weighted by Crippen LogP contribution is -1.87. The monoisotopic (exact) mass is 321 g/mol. The molecule has 2 nitrogen and oxygen atoms in total. The first kappa shape index (κ1) is 13.1. The molecule has 2 heterocycles. The van der Waals surface area contributed by atoms with Crippen LogP contribution in [0.15, 0.2) is 77.2 Å². The summed E-state index contributed by atoms with van der Waals surface area (Å²) < 4.78 is 8.63. The molecule has 6 aromatic rings. The zero-order valence-electron chi connectivity index (χ0n) is 13.8. The second-order valence-corrected chi connectivity index (χ2v) is 6.65. The van der Waals surface area contributed by atoms with Crippen molar-refractivity contribution in [1.82, 2.24) is 4.57 Å². The van der Waals surface area contributed by atoms with Gasteiger partial charge in [0.2, 0.25) is 0 Å². The highest BCUT2D eigenvalue weighted by atomic mass is 16.3. The number of aryl methyl sites for hydroxylation is 1. The maximum Gasteiger partial charge on any atom is 0.160 e. The Morgan fingerprint density at radius 1 is 0.640 bits per heavy atom. The van der Waals surface area contributed by atoms with Gasteiger partial charge in [0.15, 0.2) is 5.58 Å². The quantitative estimate of drug-likeness (QED) is 0.317. The van der Waals surface area contributed by atoms with E-state index in [-0.39, 0.29) is 0 Å². The first-order valence-electron chi connectivity index (χ1n) is 8.53. The predicted octanol–water partition coefficient (Wildman–Crippen LogP) is 6.38. The smallest absolute Gasteiger partial charge is 0.160 e. The lowest BCUT2D eigenvalue weighted by Gasteiger charge is -2.04. The molecule has 6 rings (SSSR count). The van der Waals surface area contributed by atoms with Gasteiger partial charge in [-0.05, 0) is 22.9 Å². The van der Waals surface area contributed by atoms with Gasteiger partial charge in [-0.15, -0.1) is 0 Å². The molecule has 0 atom stereocenters. The maximum atomic E-state index is 6.36. The number of hydrogen-bond acceptors (Lipinski definition) is 1. The largest absolute Gasteiger partial charge is 0.454 e. The summed E-state index contributed by atoms with van der Waals surface area (Å²) in [6.45, 7) is 0. The Balaban J connectivity index is 2.10. The molecule has 0 bridgehead atoms. The number of fused-ring (bicyclic) bond motifs is 10. The van der Waals surface area contributed by atoms with Gasteiger partial charge in [-0.1, -0.05) is 60.7 Å². The fourth-order valence-electron chi connectivity index (χ4n) is 4.33. The van der Waals surface area contributed by atoms with E-state index < -0.39 is 0 Å². The van der Waals surface area contributed by atoms with Crippen LogP contribution in [-0.2, 0) is 7.05 Å². The summed E-state index contributed by atoms with van der Waals surface area (Å²) in [6.07, 6.45) is 0. The van der Waals surface area contributed by atoms with Gasteiger partial charge in [-0.2, -0.15) is 0 Å². The van der Waals surface area contributed by atoms with Crippen LogP contribution in [0.3, 0.4) is 0 Å². The van der Waals surface area contributed by atoms with E-state index in [2.05, 4.69) is 78.3 Å². The molecule has 0 aliphatic heterocycles. The van der Waals surface area contributed by atoms with Gasteiger partial charge in [0, 0.05) is 34.1 Å². The summed E-state index contributed by atoms with van der Waals surface area (Å²) in [5.74, 6) is 0. The molecule has 2 heteroatoms. The molecule has 2 aromatic heterocycles. The summed E-state index contributed by atoms with van der Waals surface area (Å²) in [5.41, 5.74) is 4.33. The third-order valence-electron chi connectivity index (χ3n) is 5.38. The van der Waals surface area contributed by atoms with Gasteiger partial charge in [-0.25, -0.2) is 0 Å². The van der Waals surface area contributed by atoms with E-state index in [0.29, 0.717) is 0 Å². The molecule has 0 aliphatic carbocycles. The van der Waals surface area contributed by atoms with Crippen molar-refractivity contribution in [2.45, 2.75) is 0 Å². The van der Waals surface area contributed by atoms with Crippen molar-refractivity contribution in [2.75, 3.05) is 0 Å². The minimum absolute atomic E-state index is 0.945. The van der Waals surface area contributed by atoms with Gasteiger partial charge < -0.3 is 8.98 Å². The summed E-state index contributed by atoms with van der Waals surface area (Å²) in [6, 6.07) is 25.6. The third kappa shape index (κ3) is 1.50. The SMILES string of the molecule is Cn1c2ccccc2c2c3ccccc3c3c4ccccc4oc3c21. The number of para-hydroxylation sites is 2. The normalized spacial score (nSPS) is 12.2. The van der Waals surface area contributed by atoms with Crippen molar-refractivity contribution < 1.29 is 4.42 Å². The van der Waals surface area contributed by atoms with Gasteiger partial charge in [0.05, 0.1) is 5.52 Å². The van der Waals surface area contributed by atoms with Crippen molar-refractivity contribution in [2.24, 2.45) is 7.05 Å². The zero-order valence-corrected chi connectivity index (χ0v) is 13.8. The molecule has 0 fully saturated rings. The number of furan rings is 1. The van der Waals surface area contributed by atoms with E-state index in [0.717, 1.165) is 11.2 Å². The van der Waals surface area contributed by atoms with Crippen LogP contribution < -0.4 is 0 Å². The lowest BCUT2D eigenvalue weighted by molar-refractivity contribution is 0.670. The number of benzene rings is 4. The van der Waals surface area contributed by atoms with E-state index in [1.807, 2.05) is 6.07 Å². The average Bonchev–Trinajstić information content (AvgIpc) is 3.19. The molecular weight excluding hydrogens is 306 g/mol. The molecule has 0 saturated carbocycles. The van der Waals surface area contributed by atoms with Crippen LogP contribution in [-0.4, -0.2) is 4.57 Å². The maximum absolute atomic E-state index is 6.36. The number of rotatable bonds is 0. The molecule has 118 valence electrons. The second kappa shape index (κ2) is 4.42. The van der Waals surface area contributed by atoms with Crippen LogP contribution in [0, 0.1) is 0 Å². The van der Waals surface area contributed by atoms with Crippen LogP contribution in [0.2, 0.25) is 0 Å². The van der Waals surface area contributed by atoms with Crippen LogP contribution in [0.1, 0.15) is 0 Å². The Bertz CT molecular complexity index is 1450. The Kier molecular flexibility index (Phi) is 2.31. The molecule has 0 radical (unpaired) electrons. The molecule has 0 aliphatic rings. The molecule has 0 amide bonds. The van der Waals surface area contributed by atoms with Crippen molar-refractivity contribution in [3.8, 4) is 0 Å². The number of aromatic nitrogens is 1. The van der Waals surface area contributed by atoms with Gasteiger partial charge in [-0.3, -0.25) is 0 Å². The Labute approximate surface area is 143 Å². The first-order chi connectivity index (χ1) is 12.3. The van der Waals surface area contributed by atoms with Crippen molar-refractivity contribution in [3.63, 3.8) is 0 Å². The molecule has 0 unspecified atom stereocenters. The summed E-state index contributed by atoms with van der Waals surface area (Å²) >= 11 is 0. The highest BCUT2D eigenvalue weighted by molar-refractivity contribution is 6.34. The minimum atomic E-state index is 0.945. The van der Waals surface area contributed by atoms with Gasteiger partial charge in [0.25, 0.3) is 0 Å². The molecule has 0 spiro atoms. The lowest BCUT2D eigenvalue weighted by atomic mass is 9.99. The third-order valence-corrected chi connectivity index (χ3v) is 5.38. The van der Waals surface area contributed by atoms with E-state index >= 15 is 0 Å². The Morgan fingerprint density at radius 3 is 2.04 bits per heavy atom. The van der Waals surface area contributed by atoms with Crippen LogP contribution in [0.4, 0.5) is 0 Å². The topological polar surface area (TPSA) is 18.1 Å². The Hall–Kier alpha value is -3.26. The second-order valence-electron chi connectivity index (χ2n) is 6.65. The first-order valence-corrected chi connectivity index (χ1v) is 8.53. The average molecular weight is 321 g/mol. The minimum Gasteiger partial charge on any atom is -0.454 e. The summed E-state index contributed by atoms with van der Waals surface area (Å²) in [5, 5.41) is 7.49. The highest BCUT2D eigenvalue weighted by Gasteiger charge is 2.20. The van der Waals surface area contributed by atoms with Gasteiger partial charge >= 0.3 is 0 Å². The molecule has 4 aromatic carbocycles. The van der Waals surface area contributed by atoms with Crippen LogP contribution in [0.5, 0.6) is 0 Å². The zero-order chi connectivity index (χ0) is 16.5. The fraction of sp³-hybridized carbons (Fsp3) is 0.0435. The summed E-state index contributed by atoms with van der Waals surface area (Å²) in [7, 11) is 2.13. The predicted molar refractivity (Wildman–Crippen MR) is 105 cm³/mol. The number of nitrogens with zero attached hydrogens (tertiary/aromatic N) is 1. The van der Waals surface area contributed by atoms with Crippen LogP contribution in [0.25, 0.3) is 54.5 Å². The molecule has 0 saturated heterocycles. The van der Waals surface area contributed by atoms with Gasteiger partial charge in [0.1, 0.15) is 5.58 Å². The van der Waals surface area contributed by atoms with Crippen LogP contribution >= 0.6 is 0 Å². The van der Waals surface area contributed by atoms with Crippen molar-refractivity contribution >= 4 is 54.5 Å². The van der Waals surface area contributed by atoms with E-state index in [1.54, 1.807) is 0 Å². The molecule has 0 N–H and O–H groups in total. The highest BCUT2D eigenvalue weighted by Crippen LogP contribution is 2.43. The fourth-order valence-corrected chi connectivity index (χ4v) is 4.33. The standard InChI is InChI=1S/C23H15NO/c1-24-18-12-6-4-10-16(18)20-14-8-2-3-9-15(14)21-17-11-5-7-13-19(17)25-23(21)22(20)24/h2-13H,1H3. The Morgan fingerprint density at radius 2 is 1.24 bits per heavy atom. The summed E-state index contributed by atoms with van der Waals surface area (Å²) in [4.78, 5) is 0. The van der Waals surface area contributed by atoms with Crippen molar-refractivity contribution in [1.29, 1.82) is 0 Å². The van der Waals surface area contributed by atoms with E-state index in [1.165, 1.54) is 43.4 Å². The number of hydrogen-bond donors (Lipinski definition) is 0. The molecule has 25 heavy (non-hydrogen) atoms. The van der Waals surface area contributed by atoms with E-state index in [9.17, 15) is 0 Å².